The molecule has 8 nitrogen and oxygen atoms in total. The predicted molar refractivity (Wildman–Crippen MR) is 180 cm³/mol. The van der Waals surface area contributed by atoms with Crippen LogP contribution in [0.2, 0.25) is 0 Å². The van der Waals surface area contributed by atoms with Gasteiger partial charge in [-0.25, -0.2) is 18.3 Å². The molecule has 45 heavy (non-hydrogen) atoms. The topological polar surface area (TPSA) is 105 Å². The van der Waals surface area contributed by atoms with Gasteiger partial charge < -0.3 is 5.21 Å². The monoisotopic (exact) mass is 655 g/mol. The van der Waals surface area contributed by atoms with Crippen LogP contribution in [0.4, 0.5) is 0 Å². The van der Waals surface area contributed by atoms with Crippen LogP contribution in [0.15, 0.2) is 108 Å². The molecule has 0 amide bonds. The maximum absolute atomic E-state index is 12.8. The van der Waals surface area contributed by atoms with Crippen molar-refractivity contribution in [3.05, 3.63) is 114 Å². The van der Waals surface area contributed by atoms with Crippen LogP contribution in [-0.2, 0) is 23.8 Å². The standard InChI is InChI=1S/C34H29N3O5S3/c1-34(2,45(4,39)40)27-19-24-10-6-16-35-30(24)29(20-27)23-8-5-9-25(18-23)32-31(22-12-14-28(15-13-22)44-42-41-3)36-33(43-32)26-11-7-17-37(38)21-26/h5-21H,1-4H3. The summed E-state index contributed by atoms with van der Waals surface area (Å²) >= 11 is 2.61. The Morgan fingerprint density at radius 3 is 2.40 bits per heavy atom. The van der Waals surface area contributed by atoms with Gasteiger partial charge in [-0.3, -0.25) is 4.98 Å². The number of sulfone groups is 1. The number of thiazole rings is 1. The Kier molecular flexibility index (Phi) is 8.47. The van der Waals surface area contributed by atoms with Gasteiger partial charge in [0.25, 0.3) is 0 Å². The smallest absolute Gasteiger partial charge is 0.190 e. The van der Waals surface area contributed by atoms with E-state index in [1.807, 2.05) is 72.8 Å². The molecule has 0 saturated carbocycles. The van der Waals surface area contributed by atoms with Crippen molar-refractivity contribution in [3.63, 3.8) is 0 Å². The Balaban J connectivity index is 1.52. The average molecular weight is 656 g/mol. The number of fused-ring (bicyclic) bond motifs is 1. The zero-order chi connectivity index (χ0) is 31.8. The molecule has 11 heteroatoms. The van der Waals surface area contributed by atoms with E-state index >= 15 is 0 Å². The molecule has 0 N–H and O–H groups in total. The fourth-order valence-electron chi connectivity index (χ4n) is 4.96. The first kappa shape index (κ1) is 30.9. The molecule has 3 aromatic heterocycles. The van der Waals surface area contributed by atoms with Crippen LogP contribution in [0.1, 0.15) is 19.4 Å². The molecule has 6 rings (SSSR count). The van der Waals surface area contributed by atoms with Gasteiger partial charge in [0, 0.05) is 39.9 Å². The first-order chi connectivity index (χ1) is 21.5. The van der Waals surface area contributed by atoms with Crippen molar-refractivity contribution < 1.29 is 22.4 Å². The van der Waals surface area contributed by atoms with Crippen LogP contribution in [0.3, 0.4) is 0 Å². The third-order valence-corrected chi connectivity index (χ3v) is 11.6. The van der Waals surface area contributed by atoms with E-state index in [2.05, 4.69) is 11.1 Å². The molecule has 0 aliphatic carbocycles. The van der Waals surface area contributed by atoms with Crippen molar-refractivity contribution in [2.45, 2.75) is 23.5 Å². The number of pyridine rings is 2. The Morgan fingerprint density at radius 2 is 1.67 bits per heavy atom. The lowest BCUT2D eigenvalue weighted by molar-refractivity contribution is -0.604. The van der Waals surface area contributed by atoms with Gasteiger partial charge in [0.2, 0.25) is 0 Å². The van der Waals surface area contributed by atoms with Gasteiger partial charge in [-0.15, -0.1) is 11.3 Å². The van der Waals surface area contributed by atoms with Crippen molar-refractivity contribution in [1.82, 2.24) is 9.97 Å². The minimum Gasteiger partial charge on any atom is -0.619 e. The lowest BCUT2D eigenvalue weighted by atomic mass is 9.92. The summed E-state index contributed by atoms with van der Waals surface area (Å²) in [5, 5.41) is 13.7. The molecule has 0 aliphatic heterocycles. The van der Waals surface area contributed by atoms with Crippen molar-refractivity contribution in [2.24, 2.45) is 0 Å². The Labute approximate surface area is 270 Å². The minimum atomic E-state index is -3.41. The fourth-order valence-corrected chi connectivity index (χ4v) is 6.97. The predicted octanol–water partition coefficient (Wildman–Crippen LogP) is 7.86. The van der Waals surface area contributed by atoms with Crippen LogP contribution in [0.5, 0.6) is 0 Å². The zero-order valence-corrected chi connectivity index (χ0v) is 27.4. The highest BCUT2D eigenvalue weighted by Crippen LogP contribution is 2.43. The molecule has 0 bridgehead atoms. The molecule has 0 radical (unpaired) electrons. The highest BCUT2D eigenvalue weighted by molar-refractivity contribution is 7.94. The van der Waals surface area contributed by atoms with Crippen LogP contribution in [0, 0.1) is 5.21 Å². The SMILES string of the molecule is COOSc1ccc(-c2nc(-c3ccc[n+]([O-])c3)sc2-c2cccc(-c3cc(C(C)(C)S(C)(=O)=O)cc4cccnc34)c2)cc1. The molecule has 6 aromatic rings. The van der Waals surface area contributed by atoms with E-state index < -0.39 is 14.6 Å². The summed E-state index contributed by atoms with van der Waals surface area (Å²) in [6, 6.07) is 27.1. The third-order valence-electron chi connectivity index (χ3n) is 7.74. The molecule has 3 heterocycles. The summed E-state index contributed by atoms with van der Waals surface area (Å²) in [4.78, 5) is 16.2. The number of rotatable bonds is 9. The van der Waals surface area contributed by atoms with E-state index in [0.29, 0.717) is 16.1 Å². The number of nitrogens with zero attached hydrogens (tertiary/aromatic N) is 3. The van der Waals surface area contributed by atoms with Crippen molar-refractivity contribution in [2.75, 3.05) is 13.4 Å². The first-order valence-electron chi connectivity index (χ1n) is 13.9. The fraction of sp³-hybridized carbons (Fsp3) is 0.147. The molecule has 0 unspecified atom stereocenters. The van der Waals surface area contributed by atoms with E-state index in [-0.39, 0.29) is 0 Å². The van der Waals surface area contributed by atoms with Gasteiger partial charge in [0.1, 0.15) is 5.01 Å². The lowest BCUT2D eigenvalue weighted by Crippen LogP contribution is -2.28. The van der Waals surface area contributed by atoms with E-state index in [0.717, 1.165) is 65.4 Å². The maximum atomic E-state index is 12.8. The molecule has 0 spiro atoms. The van der Waals surface area contributed by atoms with Crippen LogP contribution >= 0.6 is 23.4 Å². The molecule has 0 aliphatic rings. The van der Waals surface area contributed by atoms with Gasteiger partial charge in [-0.1, -0.05) is 36.4 Å². The normalized spacial score (nSPS) is 12.1. The average Bonchev–Trinajstić information content (AvgIpc) is 3.49. The Hall–Kier alpha value is -4.13. The van der Waals surface area contributed by atoms with Crippen molar-refractivity contribution in [3.8, 4) is 43.4 Å². The summed E-state index contributed by atoms with van der Waals surface area (Å²) in [6.07, 6.45) is 5.96. The first-order valence-corrected chi connectivity index (χ1v) is 17.4. The lowest BCUT2D eigenvalue weighted by Gasteiger charge is -2.24. The van der Waals surface area contributed by atoms with E-state index in [1.165, 1.54) is 37.1 Å². The summed E-state index contributed by atoms with van der Waals surface area (Å²) < 4.78 is 30.3. The van der Waals surface area contributed by atoms with E-state index in [1.54, 1.807) is 26.1 Å². The number of hydrogen-bond acceptors (Lipinski definition) is 9. The summed E-state index contributed by atoms with van der Waals surface area (Å²) in [5.74, 6) is 0. The summed E-state index contributed by atoms with van der Waals surface area (Å²) in [5.41, 5.74) is 6.51. The Morgan fingerprint density at radius 1 is 0.911 bits per heavy atom. The second-order valence-corrected chi connectivity index (χ2v) is 15.3. The van der Waals surface area contributed by atoms with Crippen molar-refractivity contribution in [1.29, 1.82) is 0 Å². The molecule has 228 valence electrons. The molecule has 0 saturated heterocycles. The quantitative estimate of drug-likeness (QED) is 0.0510. The number of benzene rings is 3. The second kappa shape index (κ2) is 12.3. The number of hydrogen-bond donors (Lipinski definition) is 0. The maximum Gasteiger partial charge on any atom is 0.190 e. The highest BCUT2D eigenvalue weighted by Gasteiger charge is 2.33. The van der Waals surface area contributed by atoms with Gasteiger partial charge in [0.05, 0.1) is 45.6 Å². The minimum absolute atomic E-state index is 0.692. The zero-order valence-electron chi connectivity index (χ0n) is 24.9. The van der Waals surface area contributed by atoms with E-state index in [4.69, 9.17) is 14.2 Å². The van der Waals surface area contributed by atoms with Crippen LogP contribution in [0.25, 0.3) is 54.3 Å². The largest absolute Gasteiger partial charge is 0.619 e. The second-order valence-electron chi connectivity index (χ2n) is 11.0. The van der Waals surface area contributed by atoms with Gasteiger partial charge in [-0.05, 0) is 73.0 Å². The molecular weight excluding hydrogens is 627 g/mol. The number of aromatic nitrogens is 3. The van der Waals surface area contributed by atoms with Gasteiger partial charge in [-0.2, -0.15) is 9.06 Å². The Bertz CT molecular complexity index is 2130. The van der Waals surface area contributed by atoms with Crippen LogP contribution in [-0.4, -0.2) is 31.8 Å². The third kappa shape index (κ3) is 6.22. The summed E-state index contributed by atoms with van der Waals surface area (Å²) in [6.45, 7) is 3.46. The van der Waals surface area contributed by atoms with Gasteiger partial charge in [0.15, 0.2) is 22.2 Å². The van der Waals surface area contributed by atoms with E-state index in [9.17, 15) is 13.6 Å². The molecule has 3 aromatic carbocycles. The highest BCUT2D eigenvalue weighted by atomic mass is 32.2. The van der Waals surface area contributed by atoms with Crippen LogP contribution < -0.4 is 4.73 Å². The summed E-state index contributed by atoms with van der Waals surface area (Å²) in [7, 11) is -1.96. The molecule has 0 fully saturated rings. The van der Waals surface area contributed by atoms with Gasteiger partial charge >= 0.3 is 0 Å². The molecular formula is C34H29N3O5S3. The van der Waals surface area contributed by atoms with Crippen molar-refractivity contribution >= 4 is 44.1 Å². The molecule has 0 atom stereocenters.